The van der Waals surface area contributed by atoms with Crippen molar-refractivity contribution in [2.75, 3.05) is 0 Å². The van der Waals surface area contributed by atoms with Crippen molar-refractivity contribution in [3.05, 3.63) is 36.5 Å². The van der Waals surface area contributed by atoms with Gasteiger partial charge in [0.1, 0.15) is 0 Å². The van der Waals surface area contributed by atoms with Crippen LogP contribution in [0.4, 0.5) is 0 Å². The number of unbranched alkanes of at least 4 members (excludes halogenated alkanes) is 7. The van der Waals surface area contributed by atoms with Crippen molar-refractivity contribution >= 4 is 5.90 Å². The molecule has 114 valence electrons. The lowest BCUT2D eigenvalue weighted by Crippen LogP contribution is -2.14. The zero-order valence-electron chi connectivity index (χ0n) is 12.9. The second kappa shape index (κ2) is 15.7. The zero-order chi connectivity index (χ0) is 14.9. The van der Waals surface area contributed by atoms with E-state index in [1.54, 1.807) is 0 Å². The van der Waals surface area contributed by atoms with Gasteiger partial charge < -0.3 is 10.5 Å². The van der Waals surface area contributed by atoms with E-state index in [-0.39, 0.29) is 0 Å². The summed E-state index contributed by atoms with van der Waals surface area (Å²) in [5.41, 5.74) is 0. The van der Waals surface area contributed by atoms with Crippen molar-refractivity contribution in [3.8, 4) is 0 Å². The second-order valence-electron chi connectivity index (χ2n) is 5.11. The van der Waals surface area contributed by atoms with Crippen molar-refractivity contribution in [3.63, 3.8) is 0 Å². The Kier molecular flexibility index (Phi) is 14.7. The molecule has 0 aromatic heterocycles. The fraction of sp³-hybridized carbons (Fsp3) is 0.611. The molecule has 0 saturated carbocycles. The Bertz CT molecular complexity index is 303. The van der Waals surface area contributed by atoms with E-state index in [1.807, 2.05) is 0 Å². The van der Waals surface area contributed by atoms with Crippen LogP contribution in [0, 0.1) is 5.41 Å². The number of rotatable bonds is 13. The average molecular weight is 276 g/mol. The van der Waals surface area contributed by atoms with Crippen molar-refractivity contribution < 1.29 is 5.11 Å². The highest BCUT2D eigenvalue weighted by Crippen LogP contribution is 2.05. The molecule has 2 heteroatoms. The molecule has 0 unspecified atom stereocenters. The lowest BCUT2D eigenvalue weighted by atomic mass is 10.1. The minimum atomic E-state index is -0.433. The summed E-state index contributed by atoms with van der Waals surface area (Å²) >= 11 is 0. The molecule has 0 heterocycles. The van der Waals surface area contributed by atoms with Gasteiger partial charge in [-0.3, -0.25) is 0 Å². The maximum absolute atomic E-state index is 10.4. The van der Waals surface area contributed by atoms with Gasteiger partial charge in [-0.25, -0.2) is 0 Å². The summed E-state index contributed by atoms with van der Waals surface area (Å²) in [6.07, 6.45) is 23.7. The summed E-state index contributed by atoms with van der Waals surface area (Å²) in [4.78, 5) is 0. The van der Waals surface area contributed by atoms with Gasteiger partial charge in [-0.05, 0) is 44.4 Å². The highest BCUT2D eigenvalue weighted by Gasteiger charge is 1.88. The number of nitrogens with one attached hydrogen (secondary N) is 1. The molecule has 1 N–H and O–H groups in total. The number of hydrogen-bond donors (Lipinski definition) is 1. The molecule has 0 aliphatic rings. The van der Waals surface area contributed by atoms with Gasteiger partial charge in [-0.1, -0.05) is 69.1 Å². The molecule has 0 aromatic carbocycles. The standard InChI is InChI=1S/C18H31NO/c1-2-3-4-5-6-7-8-9-10-11-12-13-14-15-16-17-18(19)20/h6-11H,2-5,12-17H2,1H3,(H2,19,20)/p-1/b7-6-,9-8+,11-10+. The third-order valence-electron chi connectivity index (χ3n) is 3.10. The van der Waals surface area contributed by atoms with Crippen LogP contribution in [0.25, 0.3) is 0 Å². The Morgan fingerprint density at radius 3 is 1.90 bits per heavy atom. The van der Waals surface area contributed by atoms with E-state index in [1.165, 1.54) is 32.1 Å². The first-order valence-corrected chi connectivity index (χ1v) is 8.00. The molecule has 2 nitrogen and oxygen atoms in total. The monoisotopic (exact) mass is 276 g/mol. The highest BCUT2D eigenvalue weighted by atomic mass is 16.3. The minimum absolute atomic E-state index is 0.420. The first-order chi connectivity index (χ1) is 9.77. The fourth-order valence-corrected chi connectivity index (χ4v) is 1.89. The number of allylic oxidation sites excluding steroid dienone is 6. The summed E-state index contributed by atoms with van der Waals surface area (Å²) in [5.74, 6) is -0.433. The number of hydrogen-bond acceptors (Lipinski definition) is 2. The van der Waals surface area contributed by atoms with Crippen molar-refractivity contribution in [2.24, 2.45) is 0 Å². The van der Waals surface area contributed by atoms with Crippen LogP contribution in [0.1, 0.15) is 71.1 Å². The van der Waals surface area contributed by atoms with Crippen LogP contribution < -0.4 is 5.11 Å². The third kappa shape index (κ3) is 16.7. The molecule has 0 atom stereocenters. The van der Waals surface area contributed by atoms with Gasteiger partial charge in [0.2, 0.25) is 0 Å². The summed E-state index contributed by atoms with van der Waals surface area (Å²) in [6, 6.07) is 0. The van der Waals surface area contributed by atoms with Gasteiger partial charge >= 0.3 is 0 Å². The largest absolute Gasteiger partial charge is 0.862 e. The van der Waals surface area contributed by atoms with E-state index in [9.17, 15) is 5.11 Å². The molecule has 0 fully saturated rings. The molecule has 20 heavy (non-hydrogen) atoms. The SMILES string of the molecule is CCCCC\C=C/C=C/C=C/CCCCCCC(=N)[O-]. The molecule has 0 aliphatic carbocycles. The summed E-state index contributed by atoms with van der Waals surface area (Å²) in [6.45, 7) is 2.23. The zero-order valence-corrected chi connectivity index (χ0v) is 12.9. The van der Waals surface area contributed by atoms with Gasteiger partial charge in [0.15, 0.2) is 0 Å². The maximum atomic E-state index is 10.4. The van der Waals surface area contributed by atoms with E-state index in [2.05, 4.69) is 43.4 Å². The Morgan fingerprint density at radius 2 is 1.35 bits per heavy atom. The van der Waals surface area contributed by atoms with Gasteiger partial charge in [-0.15, -0.1) is 0 Å². The van der Waals surface area contributed by atoms with E-state index in [0.29, 0.717) is 6.42 Å². The van der Waals surface area contributed by atoms with Crippen LogP contribution in [0.15, 0.2) is 36.5 Å². The predicted molar refractivity (Wildman–Crippen MR) is 87.0 cm³/mol. The minimum Gasteiger partial charge on any atom is -0.862 e. The van der Waals surface area contributed by atoms with E-state index in [0.717, 1.165) is 25.7 Å². The predicted octanol–water partition coefficient (Wildman–Crippen LogP) is 4.91. The molecular formula is C18H30NO-. The Balaban J connectivity index is 3.32. The molecule has 0 saturated heterocycles. The first kappa shape index (κ1) is 18.7. The Labute approximate surface area is 124 Å². The maximum Gasteiger partial charge on any atom is -0.0254 e. The molecule has 0 aromatic rings. The lowest BCUT2D eigenvalue weighted by molar-refractivity contribution is -0.220. The van der Waals surface area contributed by atoms with E-state index < -0.39 is 5.90 Å². The molecule has 0 bridgehead atoms. The Morgan fingerprint density at radius 1 is 0.800 bits per heavy atom. The fourth-order valence-electron chi connectivity index (χ4n) is 1.89. The van der Waals surface area contributed by atoms with Crippen molar-refractivity contribution in [1.82, 2.24) is 0 Å². The second-order valence-corrected chi connectivity index (χ2v) is 5.11. The van der Waals surface area contributed by atoms with Crippen LogP contribution in [-0.2, 0) is 0 Å². The average Bonchev–Trinajstić information content (AvgIpc) is 2.43. The van der Waals surface area contributed by atoms with E-state index >= 15 is 0 Å². The van der Waals surface area contributed by atoms with E-state index in [4.69, 9.17) is 5.41 Å². The molecule has 0 radical (unpaired) electrons. The normalized spacial score (nSPS) is 12.1. The highest BCUT2D eigenvalue weighted by molar-refractivity contribution is 5.67. The summed E-state index contributed by atoms with van der Waals surface area (Å²) in [7, 11) is 0. The molecule has 0 amide bonds. The van der Waals surface area contributed by atoms with Gasteiger partial charge in [0.05, 0.1) is 0 Å². The first-order valence-electron chi connectivity index (χ1n) is 8.00. The van der Waals surface area contributed by atoms with Gasteiger partial charge in [-0.2, -0.15) is 0 Å². The topological polar surface area (TPSA) is 46.9 Å². The third-order valence-corrected chi connectivity index (χ3v) is 3.10. The smallest absolute Gasteiger partial charge is 0.0254 e. The van der Waals surface area contributed by atoms with Crippen molar-refractivity contribution in [2.45, 2.75) is 71.1 Å². The quantitative estimate of drug-likeness (QED) is 0.221. The molecular weight excluding hydrogens is 246 g/mol. The van der Waals surface area contributed by atoms with Gasteiger partial charge in [0.25, 0.3) is 0 Å². The Hall–Kier alpha value is -1.31. The van der Waals surface area contributed by atoms with Crippen LogP contribution in [0.3, 0.4) is 0 Å². The summed E-state index contributed by atoms with van der Waals surface area (Å²) in [5, 5.41) is 17.2. The van der Waals surface area contributed by atoms with Crippen LogP contribution in [-0.4, -0.2) is 5.90 Å². The van der Waals surface area contributed by atoms with Crippen molar-refractivity contribution in [1.29, 1.82) is 5.41 Å². The molecule has 0 rings (SSSR count). The van der Waals surface area contributed by atoms with Gasteiger partial charge in [0, 0.05) is 0 Å². The lowest BCUT2D eigenvalue weighted by Gasteiger charge is -2.05. The van der Waals surface area contributed by atoms with Crippen LogP contribution >= 0.6 is 0 Å². The molecule has 0 spiro atoms. The summed E-state index contributed by atoms with van der Waals surface area (Å²) < 4.78 is 0. The van der Waals surface area contributed by atoms with Crippen LogP contribution in [0.2, 0.25) is 0 Å². The van der Waals surface area contributed by atoms with Crippen LogP contribution in [0.5, 0.6) is 0 Å². The molecule has 0 aliphatic heterocycles.